The van der Waals surface area contributed by atoms with E-state index in [9.17, 15) is 24.0 Å². The average Bonchev–Trinajstić information content (AvgIpc) is 3.00. The number of benzene rings is 2. The number of rotatable bonds is 15. The van der Waals surface area contributed by atoms with Gasteiger partial charge in [0.15, 0.2) is 17.3 Å². The molecule has 1 amide bonds. The molecule has 1 N–H and O–H groups in total. The molecule has 3 rings (SSSR count). The van der Waals surface area contributed by atoms with Gasteiger partial charge >= 0.3 is 0 Å². The van der Waals surface area contributed by atoms with E-state index in [0.717, 1.165) is 37.4 Å². The fourth-order valence-corrected chi connectivity index (χ4v) is 5.69. The molecule has 8 nitrogen and oxygen atoms in total. The Hall–Kier alpha value is -3.65. The number of piperazine rings is 1. The first-order chi connectivity index (χ1) is 21.2. The number of hydrogen-bond donors (Lipinski definition) is 1. The van der Waals surface area contributed by atoms with Crippen molar-refractivity contribution in [2.45, 2.75) is 73.3 Å². The Balaban J connectivity index is 1.62. The number of carbonyl (C=O) groups excluding carboxylic acids is 5. The van der Waals surface area contributed by atoms with Crippen LogP contribution < -0.4 is 10.2 Å². The molecule has 1 saturated heterocycles. The third-order valence-electron chi connectivity index (χ3n) is 8.95. The van der Waals surface area contributed by atoms with Gasteiger partial charge in [0.25, 0.3) is 0 Å². The first kappa shape index (κ1) is 35.8. The lowest BCUT2D eigenvalue weighted by Gasteiger charge is -2.34. The minimum atomic E-state index is -0.869. The first-order valence-electron chi connectivity index (χ1n) is 16.2. The smallest absolute Gasteiger partial charge is 0.224 e. The molecule has 0 spiro atoms. The van der Waals surface area contributed by atoms with Gasteiger partial charge in [0, 0.05) is 62.6 Å². The Bertz CT molecular complexity index is 1340. The Labute approximate surface area is 268 Å². The highest BCUT2D eigenvalue weighted by molar-refractivity contribution is 6.38. The highest BCUT2D eigenvalue weighted by atomic mass is 16.2. The van der Waals surface area contributed by atoms with Crippen molar-refractivity contribution in [1.82, 2.24) is 10.2 Å². The van der Waals surface area contributed by atoms with E-state index < -0.39 is 34.9 Å². The van der Waals surface area contributed by atoms with Crippen molar-refractivity contribution in [3.05, 3.63) is 65.7 Å². The largest absolute Gasteiger partial charge is 0.369 e. The van der Waals surface area contributed by atoms with Crippen LogP contribution in [0.15, 0.2) is 54.6 Å². The fraction of sp³-hybridized carbons (Fsp3) is 0.541. The minimum absolute atomic E-state index is 0.00541. The predicted octanol–water partition coefficient (Wildman–Crippen LogP) is 5.18. The van der Waals surface area contributed by atoms with Crippen molar-refractivity contribution >= 4 is 34.7 Å². The number of likely N-dealkylation sites (N-methyl/N-ethyl adjacent to an activating group) is 1. The second-order valence-electron chi connectivity index (χ2n) is 13.9. The number of nitrogens with one attached hydrogen (secondary N) is 1. The average molecular weight is 618 g/mol. The Morgan fingerprint density at radius 2 is 1.49 bits per heavy atom. The number of aryl methyl sites for hydroxylation is 1. The second-order valence-corrected chi connectivity index (χ2v) is 13.9. The molecule has 244 valence electrons. The summed E-state index contributed by atoms with van der Waals surface area (Å²) in [5.74, 6) is -3.48. The topological polar surface area (TPSA) is 104 Å². The van der Waals surface area contributed by atoms with Crippen LogP contribution in [0.2, 0.25) is 0 Å². The van der Waals surface area contributed by atoms with Crippen LogP contribution in [0.1, 0.15) is 76.7 Å². The second kappa shape index (κ2) is 16.1. The standard InChI is InChI=1S/C37H51N3O5/c1-25(2)30(35(44)32(41)17-16-27-12-9-8-10-13-27)23-33(42)26(3)38-36(45)31(37(4,5)6)24-34(43)28-14-11-15-29(22-28)40-20-18-39(7)19-21-40/h8-15,22,25-26,30-31H,16-21,23-24H2,1-7H3,(H,38,45)/t26-,30-,31+/m0/s1. The molecule has 0 aliphatic carbocycles. The monoisotopic (exact) mass is 617 g/mol. The summed E-state index contributed by atoms with van der Waals surface area (Å²) in [6.07, 6.45) is 0.425. The number of anilines is 1. The molecule has 2 aromatic carbocycles. The molecule has 45 heavy (non-hydrogen) atoms. The van der Waals surface area contributed by atoms with Crippen LogP contribution in [0.3, 0.4) is 0 Å². The van der Waals surface area contributed by atoms with Gasteiger partial charge in [-0.3, -0.25) is 24.0 Å². The van der Waals surface area contributed by atoms with Gasteiger partial charge in [0.05, 0.1) is 12.0 Å². The van der Waals surface area contributed by atoms with Gasteiger partial charge in [0.2, 0.25) is 11.7 Å². The molecule has 0 unspecified atom stereocenters. The van der Waals surface area contributed by atoms with E-state index in [1.54, 1.807) is 13.0 Å². The number of ketones is 4. The van der Waals surface area contributed by atoms with Crippen LogP contribution >= 0.6 is 0 Å². The molecule has 1 heterocycles. The van der Waals surface area contributed by atoms with Crippen LogP contribution in [0, 0.1) is 23.2 Å². The zero-order valence-electron chi connectivity index (χ0n) is 28.1. The zero-order valence-corrected chi connectivity index (χ0v) is 28.1. The van der Waals surface area contributed by atoms with E-state index >= 15 is 0 Å². The van der Waals surface area contributed by atoms with Crippen molar-refractivity contribution < 1.29 is 24.0 Å². The number of Topliss-reactive ketones (excluding diaryl/α,β-unsaturated/α-hetero) is 4. The van der Waals surface area contributed by atoms with Gasteiger partial charge in [-0.15, -0.1) is 0 Å². The van der Waals surface area contributed by atoms with E-state index in [1.165, 1.54) is 0 Å². The SMILES string of the molecule is CC(C)[C@H](CC(=O)[C@H](C)NC(=O)[C@@H](CC(=O)c1cccc(N2CCN(C)CC2)c1)C(C)(C)C)C(=O)C(=O)CCc1ccccc1. The zero-order chi connectivity index (χ0) is 33.3. The van der Waals surface area contributed by atoms with Crippen molar-refractivity contribution in [2.75, 3.05) is 38.1 Å². The van der Waals surface area contributed by atoms with Crippen molar-refractivity contribution in [3.63, 3.8) is 0 Å². The lowest BCUT2D eigenvalue weighted by Crippen LogP contribution is -2.46. The van der Waals surface area contributed by atoms with Crippen LogP contribution in [0.25, 0.3) is 0 Å². The van der Waals surface area contributed by atoms with E-state index in [-0.39, 0.29) is 42.7 Å². The van der Waals surface area contributed by atoms with Gasteiger partial charge < -0.3 is 15.1 Å². The summed E-state index contributed by atoms with van der Waals surface area (Å²) in [5, 5.41) is 2.82. The first-order valence-corrected chi connectivity index (χ1v) is 16.2. The molecule has 0 aromatic heterocycles. The molecule has 2 aromatic rings. The van der Waals surface area contributed by atoms with Gasteiger partial charge in [-0.2, -0.15) is 0 Å². The van der Waals surface area contributed by atoms with E-state index in [1.807, 2.05) is 83.1 Å². The van der Waals surface area contributed by atoms with Crippen LogP contribution in [-0.4, -0.2) is 73.2 Å². The number of hydrogen-bond acceptors (Lipinski definition) is 7. The Morgan fingerprint density at radius 3 is 2.09 bits per heavy atom. The fourth-order valence-electron chi connectivity index (χ4n) is 5.69. The molecule has 1 aliphatic rings. The molecule has 8 heteroatoms. The Morgan fingerprint density at radius 1 is 0.844 bits per heavy atom. The third-order valence-corrected chi connectivity index (χ3v) is 8.95. The van der Waals surface area contributed by atoms with Gasteiger partial charge in [0.1, 0.15) is 0 Å². The minimum Gasteiger partial charge on any atom is -0.369 e. The third kappa shape index (κ3) is 10.5. The lowest BCUT2D eigenvalue weighted by molar-refractivity contribution is -0.141. The van der Waals surface area contributed by atoms with Gasteiger partial charge in [-0.05, 0) is 49.4 Å². The summed E-state index contributed by atoms with van der Waals surface area (Å²) < 4.78 is 0. The summed E-state index contributed by atoms with van der Waals surface area (Å²) in [4.78, 5) is 70.7. The summed E-state index contributed by atoms with van der Waals surface area (Å²) in [7, 11) is 2.10. The Kier molecular flexibility index (Phi) is 12.8. The quantitative estimate of drug-likeness (QED) is 0.217. The van der Waals surface area contributed by atoms with E-state index in [4.69, 9.17) is 0 Å². The van der Waals surface area contributed by atoms with Gasteiger partial charge in [-0.25, -0.2) is 0 Å². The highest BCUT2D eigenvalue weighted by Crippen LogP contribution is 2.31. The molecule has 0 radical (unpaired) electrons. The molecule has 1 aliphatic heterocycles. The molecule has 3 atom stereocenters. The summed E-state index contributed by atoms with van der Waals surface area (Å²) in [6, 6.07) is 16.2. The number of amides is 1. The maximum absolute atomic E-state index is 13.5. The lowest BCUT2D eigenvalue weighted by atomic mass is 9.76. The molecule has 1 fully saturated rings. The van der Waals surface area contributed by atoms with Crippen molar-refractivity contribution in [2.24, 2.45) is 23.2 Å². The predicted molar refractivity (Wildman–Crippen MR) is 178 cm³/mol. The number of nitrogens with zero attached hydrogens (tertiary/aromatic N) is 2. The molecule has 0 saturated carbocycles. The summed E-state index contributed by atoms with van der Waals surface area (Å²) in [5.41, 5.74) is 1.99. The normalized spacial score (nSPS) is 16.1. The van der Waals surface area contributed by atoms with E-state index in [2.05, 4.69) is 22.2 Å². The van der Waals surface area contributed by atoms with Crippen molar-refractivity contribution in [3.8, 4) is 0 Å². The summed E-state index contributed by atoms with van der Waals surface area (Å²) >= 11 is 0. The van der Waals surface area contributed by atoms with Gasteiger partial charge in [-0.1, -0.05) is 77.1 Å². The van der Waals surface area contributed by atoms with Crippen molar-refractivity contribution in [1.29, 1.82) is 0 Å². The molecular formula is C37H51N3O5. The van der Waals surface area contributed by atoms with Crippen LogP contribution in [0.4, 0.5) is 5.69 Å². The highest BCUT2D eigenvalue weighted by Gasteiger charge is 2.36. The maximum atomic E-state index is 13.5. The van der Waals surface area contributed by atoms with Crippen LogP contribution in [-0.2, 0) is 25.6 Å². The maximum Gasteiger partial charge on any atom is 0.224 e. The van der Waals surface area contributed by atoms with Crippen LogP contribution in [0.5, 0.6) is 0 Å². The summed E-state index contributed by atoms with van der Waals surface area (Å²) in [6.45, 7) is 14.7. The molecule has 0 bridgehead atoms. The number of carbonyl (C=O) groups is 5. The van der Waals surface area contributed by atoms with E-state index in [0.29, 0.717) is 12.0 Å². The molecular weight excluding hydrogens is 566 g/mol.